The van der Waals surface area contributed by atoms with Crippen LogP contribution in [0.5, 0.6) is 0 Å². The normalized spacial score (nSPS) is 9.42. The summed E-state index contributed by atoms with van der Waals surface area (Å²) in [5.74, 6) is 0.492. The minimum atomic E-state index is -0.0703. The molecule has 0 atom stereocenters. The lowest BCUT2D eigenvalue weighted by molar-refractivity contribution is 1.10. The maximum Gasteiger partial charge on any atom is 0.155 e. The summed E-state index contributed by atoms with van der Waals surface area (Å²) in [6.45, 7) is 2.68. The maximum absolute atomic E-state index is 7.19. The average Bonchev–Trinajstić information content (AvgIpc) is 2.05. The number of aromatic nitrogens is 2. The molecule has 1 heterocycles. The van der Waals surface area contributed by atoms with Gasteiger partial charge in [0.25, 0.3) is 0 Å². The number of hydrogen-bond donors (Lipinski definition) is 3. The fraction of sp³-hybridized carbons (Fsp3) is 0.286. The van der Waals surface area contributed by atoms with Crippen molar-refractivity contribution in [3.63, 3.8) is 0 Å². The van der Waals surface area contributed by atoms with Crippen LogP contribution in [0.2, 0.25) is 0 Å². The highest BCUT2D eigenvalue weighted by atomic mass is 15.0. The van der Waals surface area contributed by atoms with Gasteiger partial charge >= 0.3 is 0 Å². The predicted octanol–water partition coefficient (Wildman–Crippen LogP) is 0.192. The minimum absolute atomic E-state index is 0.0703. The van der Waals surface area contributed by atoms with Crippen molar-refractivity contribution in [1.82, 2.24) is 9.97 Å². The number of nitrogen functional groups attached to an aromatic ring is 1. The molecule has 1 aromatic heterocycles. The van der Waals surface area contributed by atoms with E-state index in [4.69, 9.17) is 11.1 Å². The van der Waals surface area contributed by atoms with Crippen molar-refractivity contribution in [2.45, 2.75) is 6.92 Å². The van der Waals surface area contributed by atoms with Crippen LogP contribution in [0.4, 0.5) is 5.82 Å². The molecule has 5 nitrogen and oxygen atoms in total. The first-order valence-electron chi connectivity index (χ1n) is 3.65. The van der Waals surface area contributed by atoms with E-state index in [1.165, 1.54) is 6.20 Å². The quantitative estimate of drug-likeness (QED) is 0.440. The molecule has 0 fully saturated rings. The molecule has 0 aromatic carbocycles. The highest BCUT2D eigenvalue weighted by Gasteiger charge is 2.05. The van der Waals surface area contributed by atoms with E-state index in [1.807, 2.05) is 6.92 Å². The van der Waals surface area contributed by atoms with E-state index < -0.39 is 0 Å². The molecule has 0 aliphatic heterocycles. The van der Waals surface area contributed by atoms with Crippen molar-refractivity contribution in [1.29, 1.82) is 5.41 Å². The first kappa shape index (κ1) is 8.45. The summed E-state index contributed by atoms with van der Waals surface area (Å²) in [5, 5.41) is 10.2. The third-order valence-electron chi connectivity index (χ3n) is 1.30. The third kappa shape index (κ3) is 1.69. The molecular formula is C7H11N5. The van der Waals surface area contributed by atoms with Gasteiger partial charge in [0.2, 0.25) is 0 Å². The smallest absolute Gasteiger partial charge is 0.155 e. The molecule has 4 N–H and O–H groups in total. The fourth-order valence-electron chi connectivity index (χ4n) is 0.832. The van der Waals surface area contributed by atoms with Crippen LogP contribution in [0.15, 0.2) is 12.4 Å². The van der Waals surface area contributed by atoms with Gasteiger partial charge in [-0.3, -0.25) is 5.41 Å². The molecule has 0 aliphatic rings. The second-order valence-corrected chi connectivity index (χ2v) is 2.20. The van der Waals surface area contributed by atoms with Crippen molar-refractivity contribution in [2.75, 3.05) is 11.9 Å². The van der Waals surface area contributed by atoms with Gasteiger partial charge in [0.15, 0.2) is 5.82 Å². The molecule has 0 saturated carbocycles. The number of nitrogens with one attached hydrogen (secondary N) is 2. The average molecular weight is 165 g/mol. The number of nitrogens with zero attached hydrogens (tertiary/aromatic N) is 2. The Labute approximate surface area is 70.5 Å². The molecule has 0 spiro atoms. The number of amidine groups is 1. The highest BCUT2D eigenvalue weighted by molar-refractivity contribution is 5.97. The van der Waals surface area contributed by atoms with Crippen LogP contribution in [0, 0.1) is 5.41 Å². The zero-order valence-electron chi connectivity index (χ0n) is 6.83. The van der Waals surface area contributed by atoms with Crippen LogP contribution in [0.3, 0.4) is 0 Å². The van der Waals surface area contributed by atoms with Crippen molar-refractivity contribution in [2.24, 2.45) is 5.73 Å². The molecule has 1 aromatic rings. The number of nitrogens with two attached hydrogens (primary N) is 1. The molecular weight excluding hydrogens is 154 g/mol. The third-order valence-corrected chi connectivity index (χ3v) is 1.30. The Hall–Kier alpha value is -1.65. The van der Waals surface area contributed by atoms with E-state index in [0.29, 0.717) is 11.5 Å². The standard InChI is InChI=1S/C7H11N5/c1-2-10-7-5(6(8)9)11-3-4-12-7/h3-4H,2H2,1H3,(H3,8,9)(H,10,12). The summed E-state index contributed by atoms with van der Waals surface area (Å²) in [5.41, 5.74) is 5.69. The zero-order chi connectivity index (χ0) is 8.97. The molecule has 0 radical (unpaired) electrons. The summed E-state index contributed by atoms with van der Waals surface area (Å²) >= 11 is 0. The second kappa shape index (κ2) is 3.66. The zero-order valence-corrected chi connectivity index (χ0v) is 6.83. The SMILES string of the molecule is CCNc1nccnc1C(=N)N. The molecule has 0 amide bonds. The van der Waals surface area contributed by atoms with E-state index >= 15 is 0 Å². The number of anilines is 1. The Balaban J connectivity index is 3.00. The Morgan fingerprint density at radius 2 is 2.25 bits per heavy atom. The molecule has 1 rings (SSSR count). The molecule has 0 bridgehead atoms. The molecule has 0 aliphatic carbocycles. The van der Waals surface area contributed by atoms with Gasteiger partial charge in [-0.2, -0.15) is 0 Å². The lowest BCUT2D eigenvalue weighted by Crippen LogP contribution is -2.17. The molecule has 0 unspecified atom stereocenters. The van der Waals surface area contributed by atoms with E-state index in [1.54, 1.807) is 6.20 Å². The van der Waals surface area contributed by atoms with Crippen molar-refractivity contribution in [3.05, 3.63) is 18.1 Å². The second-order valence-electron chi connectivity index (χ2n) is 2.20. The van der Waals surface area contributed by atoms with Gasteiger partial charge in [-0.1, -0.05) is 0 Å². The fourth-order valence-corrected chi connectivity index (χ4v) is 0.832. The van der Waals surface area contributed by atoms with Gasteiger partial charge in [-0.25, -0.2) is 9.97 Å². The molecule has 64 valence electrons. The predicted molar refractivity (Wildman–Crippen MR) is 47.2 cm³/mol. The summed E-state index contributed by atoms with van der Waals surface area (Å²) < 4.78 is 0. The van der Waals surface area contributed by atoms with Gasteiger partial charge in [0, 0.05) is 18.9 Å². The topological polar surface area (TPSA) is 87.7 Å². The monoisotopic (exact) mass is 165 g/mol. The Morgan fingerprint density at radius 3 is 2.83 bits per heavy atom. The Morgan fingerprint density at radius 1 is 1.58 bits per heavy atom. The lowest BCUT2D eigenvalue weighted by atomic mass is 10.4. The van der Waals surface area contributed by atoms with Crippen molar-refractivity contribution >= 4 is 11.7 Å². The van der Waals surface area contributed by atoms with Crippen LogP contribution in [-0.2, 0) is 0 Å². The minimum Gasteiger partial charge on any atom is -0.382 e. The van der Waals surface area contributed by atoms with E-state index in [2.05, 4.69) is 15.3 Å². The maximum atomic E-state index is 7.19. The summed E-state index contributed by atoms with van der Waals surface area (Å²) in [6.07, 6.45) is 3.07. The van der Waals surface area contributed by atoms with Gasteiger partial charge in [-0.15, -0.1) is 0 Å². The summed E-state index contributed by atoms with van der Waals surface area (Å²) in [7, 11) is 0. The molecule has 5 heteroatoms. The largest absolute Gasteiger partial charge is 0.382 e. The van der Waals surface area contributed by atoms with Gasteiger partial charge in [-0.05, 0) is 6.92 Å². The first-order chi connectivity index (χ1) is 5.75. The van der Waals surface area contributed by atoms with Crippen LogP contribution in [-0.4, -0.2) is 22.3 Å². The van der Waals surface area contributed by atoms with Crippen LogP contribution in [0.1, 0.15) is 12.6 Å². The number of rotatable bonds is 3. The van der Waals surface area contributed by atoms with Gasteiger partial charge in [0.05, 0.1) is 0 Å². The Kier molecular flexibility index (Phi) is 2.57. The molecule has 12 heavy (non-hydrogen) atoms. The van der Waals surface area contributed by atoms with Gasteiger partial charge in [0.1, 0.15) is 11.5 Å². The van der Waals surface area contributed by atoms with E-state index in [0.717, 1.165) is 6.54 Å². The van der Waals surface area contributed by atoms with Gasteiger partial charge < -0.3 is 11.1 Å². The lowest BCUT2D eigenvalue weighted by Gasteiger charge is -2.05. The van der Waals surface area contributed by atoms with Crippen LogP contribution in [0.25, 0.3) is 0 Å². The van der Waals surface area contributed by atoms with Crippen molar-refractivity contribution < 1.29 is 0 Å². The van der Waals surface area contributed by atoms with Crippen molar-refractivity contribution in [3.8, 4) is 0 Å². The summed E-state index contributed by atoms with van der Waals surface area (Å²) in [4.78, 5) is 7.92. The highest BCUT2D eigenvalue weighted by Crippen LogP contribution is 2.05. The number of hydrogen-bond acceptors (Lipinski definition) is 4. The van der Waals surface area contributed by atoms with Crippen LogP contribution >= 0.6 is 0 Å². The van der Waals surface area contributed by atoms with E-state index in [9.17, 15) is 0 Å². The summed E-state index contributed by atoms with van der Waals surface area (Å²) in [6, 6.07) is 0. The van der Waals surface area contributed by atoms with Crippen LogP contribution < -0.4 is 11.1 Å². The molecule has 0 saturated heterocycles. The Bertz CT molecular complexity index is 283. The van der Waals surface area contributed by atoms with E-state index in [-0.39, 0.29) is 5.84 Å². The first-order valence-corrected chi connectivity index (χ1v) is 3.65.